The summed E-state index contributed by atoms with van der Waals surface area (Å²) in [5, 5.41) is 0. The van der Waals surface area contributed by atoms with E-state index in [-0.39, 0.29) is 37.2 Å². The van der Waals surface area contributed by atoms with Gasteiger partial charge in [-0.05, 0) is 24.3 Å². The largest absolute Gasteiger partial charge is 0.453 e. The summed E-state index contributed by atoms with van der Waals surface area (Å²) in [7, 11) is 1.52. The number of aromatic nitrogens is 1. The van der Waals surface area contributed by atoms with E-state index < -0.39 is 11.6 Å². The standard InChI is InChI=1S/C21H17N3O5/c1-23-19(26)13-6-2-4-8-15(13)24-18(25)10-11-21(23,24)20(27)28-12-17-22-14-7-3-5-9-16(14)29-17/h2-9H,10-12H2,1H3. The van der Waals surface area contributed by atoms with E-state index in [9.17, 15) is 14.4 Å². The number of rotatable bonds is 3. The predicted octanol–water partition coefficient (Wildman–Crippen LogP) is 2.48. The fourth-order valence-electron chi connectivity index (χ4n) is 4.12. The number of carbonyl (C=O) groups is 3. The minimum absolute atomic E-state index is 0.143. The molecule has 0 saturated carbocycles. The fourth-order valence-corrected chi connectivity index (χ4v) is 4.12. The van der Waals surface area contributed by atoms with Crippen molar-refractivity contribution in [2.45, 2.75) is 25.1 Å². The van der Waals surface area contributed by atoms with Gasteiger partial charge in [-0.1, -0.05) is 24.3 Å². The number of para-hydroxylation sites is 3. The van der Waals surface area contributed by atoms with E-state index in [0.29, 0.717) is 22.4 Å². The lowest BCUT2D eigenvalue weighted by Gasteiger charge is -2.46. The number of fused-ring (bicyclic) bond motifs is 4. The molecule has 5 rings (SSSR count). The average molecular weight is 391 g/mol. The van der Waals surface area contributed by atoms with Gasteiger partial charge in [-0.3, -0.25) is 14.5 Å². The van der Waals surface area contributed by atoms with Gasteiger partial charge in [0.25, 0.3) is 5.91 Å². The predicted molar refractivity (Wildman–Crippen MR) is 102 cm³/mol. The first kappa shape index (κ1) is 17.4. The van der Waals surface area contributed by atoms with Crippen LogP contribution in [0.4, 0.5) is 5.69 Å². The lowest BCUT2D eigenvalue weighted by Crippen LogP contribution is -2.67. The zero-order valence-electron chi connectivity index (χ0n) is 15.6. The van der Waals surface area contributed by atoms with Crippen LogP contribution >= 0.6 is 0 Å². The fraction of sp³-hybridized carbons (Fsp3) is 0.238. The summed E-state index contributed by atoms with van der Waals surface area (Å²) < 4.78 is 11.1. The van der Waals surface area contributed by atoms with Crippen molar-refractivity contribution < 1.29 is 23.5 Å². The number of oxazole rings is 1. The highest BCUT2D eigenvalue weighted by Gasteiger charge is 2.60. The van der Waals surface area contributed by atoms with Crippen molar-refractivity contribution in [1.82, 2.24) is 9.88 Å². The smallest absolute Gasteiger partial charge is 0.354 e. The molecule has 0 N–H and O–H groups in total. The Balaban J connectivity index is 1.48. The van der Waals surface area contributed by atoms with Crippen LogP contribution in [0.1, 0.15) is 29.1 Å². The third kappa shape index (κ3) is 2.38. The first-order chi connectivity index (χ1) is 14.0. The van der Waals surface area contributed by atoms with E-state index >= 15 is 0 Å². The molecule has 8 nitrogen and oxygen atoms in total. The van der Waals surface area contributed by atoms with Crippen LogP contribution in [0.5, 0.6) is 0 Å². The van der Waals surface area contributed by atoms with Crippen molar-refractivity contribution in [3.63, 3.8) is 0 Å². The Bertz CT molecular complexity index is 1140. The molecule has 1 saturated heterocycles. The molecule has 0 radical (unpaired) electrons. The number of benzene rings is 2. The van der Waals surface area contributed by atoms with Crippen molar-refractivity contribution in [3.8, 4) is 0 Å². The highest BCUT2D eigenvalue weighted by atomic mass is 16.5. The number of carbonyl (C=O) groups excluding carboxylic acids is 3. The number of amides is 2. The molecule has 29 heavy (non-hydrogen) atoms. The van der Waals surface area contributed by atoms with Crippen LogP contribution in [0, 0.1) is 0 Å². The Kier molecular flexibility index (Phi) is 3.70. The van der Waals surface area contributed by atoms with E-state index in [4.69, 9.17) is 9.15 Å². The van der Waals surface area contributed by atoms with Crippen LogP contribution in [0.2, 0.25) is 0 Å². The molecule has 2 aliphatic heterocycles. The molecule has 8 heteroatoms. The first-order valence-electron chi connectivity index (χ1n) is 9.24. The second-order valence-corrected chi connectivity index (χ2v) is 7.08. The molecular formula is C21H17N3O5. The summed E-state index contributed by atoms with van der Waals surface area (Å²) in [5.41, 5.74) is 0.556. The Labute approximate surface area is 165 Å². The number of hydrogen-bond acceptors (Lipinski definition) is 6. The zero-order valence-corrected chi connectivity index (χ0v) is 15.6. The molecule has 3 heterocycles. The molecule has 1 fully saturated rings. The van der Waals surface area contributed by atoms with Crippen molar-refractivity contribution in [2.75, 3.05) is 11.9 Å². The van der Waals surface area contributed by atoms with Gasteiger partial charge in [0.2, 0.25) is 17.5 Å². The Morgan fingerprint density at radius 1 is 1.17 bits per heavy atom. The van der Waals surface area contributed by atoms with Gasteiger partial charge >= 0.3 is 5.97 Å². The molecule has 2 aromatic carbocycles. The first-order valence-corrected chi connectivity index (χ1v) is 9.24. The van der Waals surface area contributed by atoms with Gasteiger partial charge in [-0.25, -0.2) is 9.78 Å². The molecule has 0 bridgehead atoms. The minimum atomic E-state index is -1.51. The summed E-state index contributed by atoms with van der Waals surface area (Å²) in [5.74, 6) is -0.992. The zero-order chi connectivity index (χ0) is 20.2. The second kappa shape index (κ2) is 6.16. The molecule has 0 aliphatic carbocycles. The van der Waals surface area contributed by atoms with Gasteiger partial charge < -0.3 is 14.1 Å². The van der Waals surface area contributed by atoms with Crippen LogP contribution in [0.15, 0.2) is 52.9 Å². The lowest BCUT2D eigenvalue weighted by molar-refractivity contribution is -0.158. The van der Waals surface area contributed by atoms with Gasteiger partial charge in [0, 0.05) is 19.9 Å². The van der Waals surface area contributed by atoms with Crippen LogP contribution in [-0.2, 0) is 20.9 Å². The number of hydrogen-bond donors (Lipinski definition) is 0. The highest BCUT2D eigenvalue weighted by Crippen LogP contribution is 2.44. The second-order valence-electron chi connectivity index (χ2n) is 7.08. The summed E-state index contributed by atoms with van der Waals surface area (Å²) in [6, 6.07) is 14.0. The van der Waals surface area contributed by atoms with Crippen LogP contribution < -0.4 is 4.90 Å². The third-order valence-electron chi connectivity index (χ3n) is 5.53. The Morgan fingerprint density at radius 3 is 2.76 bits per heavy atom. The SMILES string of the molecule is CN1C(=O)c2ccccc2N2C(=O)CCC12C(=O)OCc1nc2ccccc2o1. The van der Waals surface area contributed by atoms with E-state index in [1.807, 2.05) is 12.1 Å². The maximum absolute atomic E-state index is 13.2. The summed E-state index contributed by atoms with van der Waals surface area (Å²) >= 11 is 0. The summed E-state index contributed by atoms with van der Waals surface area (Å²) in [6.07, 6.45) is 0.304. The highest BCUT2D eigenvalue weighted by molar-refractivity contribution is 6.15. The van der Waals surface area contributed by atoms with Crippen molar-refractivity contribution in [1.29, 1.82) is 0 Å². The maximum Gasteiger partial charge on any atom is 0.354 e. The maximum atomic E-state index is 13.2. The minimum Gasteiger partial charge on any atom is -0.453 e. The van der Waals surface area contributed by atoms with Gasteiger partial charge in [0.05, 0.1) is 11.3 Å². The normalized spacial score (nSPS) is 20.7. The molecule has 1 atom stereocenters. The number of likely N-dealkylation sites (N-methyl/N-ethyl adjacent to an activating group) is 1. The summed E-state index contributed by atoms with van der Waals surface area (Å²) in [4.78, 5) is 45.8. The number of anilines is 1. The topological polar surface area (TPSA) is 93.0 Å². The van der Waals surface area contributed by atoms with E-state index in [2.05, 4.69) is 4.98 Å². The molecule has 146 valence electrons. The van der Waals surface area contributed by atoms with E-state index in [1.165, 1.54) is 16.8 Å². The van der Waals surface area contributed by atoms with Crippen molar-refractivity contribution in [2.24, 2.45) is 0 Å². The summed E-state index contributed by atoms with van der Waals surface area (Å²) in [6.45, 7) is -0.193. The van der Waals surface area contributed by atoms with Gasteiger partial charge in [-0.15, -0.1) is 0 Å². The molecule has 1 unspecified atom stereocenters. The van der Waals surface area contributed by atoms with Gasteiger partial charge in [0.15, 0.2) is 12.2 Å². The van der Waals surface area contributed by atoms with Gasteiger partial charge in [-0.2, -0.15) is 0 Å². The quantitative estimate of drug-likeness (QED) is 0.637. The molecular weight excluding hydrogens is 374 g/mol. The molecule has 3 aromatic rings. The third-order valence-corrected chi connectivity index (χ3v) is 5.53. The molecule has 2 aliphatic rings. The molecule has 2 amide bonds. The van der Waals surface area contributed by atoms with E-state index in [1.54, 1.807) is 36.4 Å². The van der Waals surface area contributed by atoms with Crippen LogP contribution in [0.3, 0.4) is 0 Å². The van der Waals surface area contributed by atoms with Gasteiger partial charge in [0.1, 0.15) is 5.52 Å². The van der Waals surface area contributed by atoms with Crippen LogP contribution in [-0.4, -0.2) is 40.4 Å². The van der Waals surface area contributed by atoms with Crippen molar-refractivity contribution in [3.05, 3.63) is 60.0 Å². The number of nitrogens with zero attached hydrogens (tertiary/aromatic N) is 3. The average Bonchev–Trinajstić information content (AvgIpc) is 3.32. The lowest BCUT2D eigenvalue weighted by atomic mass is 9.97. The Hall–Kier alpha value is -3.68. The Morgan fingerprint density at radius 2 is 1.93 bits per heavy atom. The molecule has 0 spiro atoms. The van der Waals surface area contributed by atoms with E-state index in [0.717, 1.165) is 0 Å². The number of ether oxygens (including phenoxy) is 1. The van der Waals surface area contributed by atoms with Crippen LogP contribution in [0.25, 0.3) is 11.1 Å². The van der Waals surface area contributed by atoms with Crippen molar-refractivity contribution >= 4 is 34.6 Å². The monoisotopic (exact) mass is 391 g/mol. The molecule has 1 aromatic heterocycles. The number of esters is 1.